The molecule has 0 aromatic rings. The summed E-state index contributed by atoms with van der Waals surface area (Å²) in [5.41, 5.74) is 0. The van der Waals surface area contributed by atoms with Crippen LogP contribution in [0.4, 0.5) is 0 Å². The fourth-order valence-corrected chi connectivity index (χ4v) is 21.2. The van der Waals surface area contributed by atoms with Crippen molar-refractivity contribution < 1.29 is 9.59 Å². The first-order valence-electron chi connectivity index (χ1n) is 33.1. The molecule has 2 N–H and O–H groups in total. The van der Waals surface area contributed by atoms with Gasteiger partial charge < -0.3 is 40.0 Å². The molecule has 10 nitrogen and oxygen atoms in total. The summed E-state index contributed by atoms with van der Waals surface area (Å²) in [6.07, 6.45) is 21.1. The van der Waals surface area contributed by atoms with Crippen LogP contribution in [0.2, 0.25) is 0 Å². The second-order valence-electron chi connectivity index (χ2n) is 27.6. The number of carbonyl (C=O) groups excluding carboxylic acids is 2. The van der Waals surface area contributed by atoms with Crippen LogP contribution >= 0.6 is 70.6 Å². The second kappa shape index (κ2) is 46.8. The molecule has 0 saturated heterocycles. The summed E-state index contributed by atoms with van der Waals surface area (Å²) < 4.78 is 0. The van der Waals surface area contributed by atoms with Crippen molar-refractivity contribution in [3.63, 3.8) is 0 Å². The third kappa shape index (κ3) is 37.1. The molecule has 0 aliphatic heterocycles. The SMILES string of the molecule is CC(C)C(CCC(C)C(CCC1CCC(C(=O)NCCCCCCNC(=O)C2CCC(CCC(SCCN(C)C)C(C)CCC(SCCN(C)C)C(C)C)C(SCCN(C)C)C2)CC1SCCN(C)C)SCCN(C)C)SCCN(C)C. The lowest BCUT2D eigenvalue weighted by Crippen LogP contribution is -2.38. The van der Waals surface area contributed by atoms with E-state index in [2.05, 4.69) is 237 Å². The van der Waals surface area contributed by atoms with Gasteiger partial charge in [-0.05, 0) is 223 Å². The van der Waals surface area contributed by atoms with Gasteiger partial charge in [0.15, 0.2) is 0 Å². The minimum atomic E-state index is 0.129. The topological polar surface area (TPSA) is 77.6 Å². The molecular weight excluding hydrogens is 1130 g/mol. The van der Waals surface area contributed by atoms with Gasteiger partial charge in [-0.2, -0.15) is 70.6 Å². The quantitative estimate of drug-likeness (QED) is 0.0568. The minimum Gasteiger partial charge on any atom is -0.356 e. The van der Waals surface area contributed by atoms with E-state index in [9.17, 15) is 9.59 Å². The first kappa shape index (κ1) is 78.9. The average Bonchev–Trinajstić information content (AvgIpc) is 3.44. The van der Waals surface area contributed by atoms with E-state index in [-0.39, 0.29) is 23.7 Å². The Morgan fingerprint density at radius 2 is 0.695 bits per heavy atom. The molecule has 2 aliphatic rings. The van der Waals surface area contributed by atoms with Gasteiger partial charge in [-0.3, -0.25) is 9.59 Å². The molecular formula is C66H134N8O2S6. The highest BCUT2D eigenvalue weighted by Crippen LogP contribution is 2.43. The molecule has 486 valence electrons. The number of amides is 2. The number of hydrogen-bond donors (Lipinski definition) is 2. The largest absolute Gasteiger partial charge is 0.356 e. The van der Waals surface area contributed by atoms with E-state index in [1.807, 2.05) is 0 Å². The molecule has 82 heavy (non-hydrogen) atoms. The zero-order chi connectivity index (χ0) is 61.0. The van der Waals surface area contributed by atoms with Crippen LogP contribution in [0.3, 0.4) is 0 Å². The Hall–Kier alpha value is 0.800. The summed E-state index contributed by atoms with van der Waals surface area (Å²) >= 11 is 13.2. The van der Waals surface area contributed by atoms with Crippen molar-refractivity contribution in [2.75, 3.05) is 171 Å². The number of unbranched alkanes of at least 4 members (excludes halogenated alkanes) is 3. The molecule has 0 aromatic carbocycles. The number of hydrogen-bond acceptors (Lipinski definition) is 14. The van der Waals surface area contributed by atoms with E-state index < -0.39 is 0 Å². The highest BCUT2D eigenvalue weighted by Gasteiger charge is 2.37. The smallest absolute Gasteiger partial charge is 0.223 e. The molecule has 0 spiro atoms. The Morgan fingerprint density at radius 3 is 1.00 bits per heavy atom. The van der Waals surface area contributed by atoms with E-state index in [0.29, 0.717) is 56.5 Å². The maximum Gasteiger partial charge on any atom is 0.223 e. The maximum atomic E-state index is 13.8. The Morgan fingerprint density at radius 1 is 0.390 bits per heavy atom. The van der Waals surface area contributed by atoms with Crippen LogP contribution in [-0.4, -0.2) is 244 Å². The fraction of sp³-hybridized carbons (Fsp3) is 0.970. The molecule has 0 heterocycles. The van der Waals surface area contributed by atoms with Crippen molar-refractivity contribution in [1.82, 2.24) is 40.0 Å². The predicted octanol–water partition coefficient (Wildman–Crippen LogP) is 13.3. The third-order valence-corrected chi connectivity index (χ3v) is 26.9. The summed E-state index contributed by atoms with van der Waals surface area (Å²) in [7, 11) is 26.3. The first-order chi connectivity index (χ1) is 39.0. The Labute approximate surface area is 535 Å². The number of nitrogens with zero attached hydrogens (tertiary/aromatic N) is 6. The molecule has 0 bridgehead atoms. The van der Waals surface area contributed by atoms with Crippen molar-refractivity contribution in [3.8, 4) is 0 Å². The standard InChI is InChI=1S/C66H134N8O2S6/c1-51(2)59(77-43-37-69(7)8)31-23-53(5)61(79-45-39-71(11)12)33-29-55-25-27-57(49-63(55)81-47-41-73(15)16)65(75)67-35-21-19-20-22-36-68-66(76)58-28-26-56(64(50-58)82-48-42-74(17)18)30-34-62(80-46-40-72(13)14)54(6)24-32-60(52(3)4)78-44-38-70(9)10/h51-64H,19-50H2,1-18H3,(H,67,75)(H,68,76). The van der Waals surface area contributed by atoms with Crippen molar-refractivity contribution in [2.45, 2.75) is 189 Å². The zero-order valence-corrected chi connectivity index (χ0v) is 61.6. The van der Waals surface area contributed by atoms with Gasteiger partial charge >= 0.3 is 0 Å². The molecule has 16 heteroatoms. The van der Waals surface area contributed by atoms with E-state index in [0.717, 1.165) is 126 Å². The van der Waals surface area contributed by atoms with Crippen molar-refractivity contribution in [1.29, 1.82) is 0 Å². The van der Waals surface area contributed by atoms with Crippen molar-refractivity contribution in [3.05, 3.63) is 0 Å². The van der Waals surface area contributed by atoms with Crippen molar-refractivity contribution >= 4 is 82.4 Å². The van der Waals surface area contributed by atoms with Gasteiger partial charge in [0.25, 0.3) is 0 Å². The highest BCUT2D eigenvalue weighted by molar-refractivity contribution is 8.01. The van der Waals surface area contributed by atoms with Crippen LogP contribution in [-0.2, 0) is 9.59 Å². The van der Waals surface area contributed by atoms with Gasteiger partial charge in [0.05, 0.1) is 0 Å². The van der Waals surface area contributed by atoms with Gasteiger partial charge in [-0.15, -0.1) is 0 Å². The van der Waals surface area contributed by atoms with Gasteiger partial charge in [0.2, 0.25) is 11.8 Å². The molecule has 12 unspecified atom stereocenters. The second-order valence-corrected chi connectivity index (χ2v) is 35.6. The van der Waals surface area contributed by atoms with Crippen LogP contribution in [0.1, 0.15) is 157 Å². The van der Waals surface area contributed by atoms with Crippen LogP contribution in [0.25, 0.3) is 0 Å². The summed E-state index contributed by atoms with van der Waals surface area (Å²) in [5.74, 6) is 12.2. The lowest BCUT2D eigenvalue weighted by Gasteiger charge is -2.37. The number of carbonyl (C=O) groups is 2. The number of rotatable bonds is 49. The normalized spacial score (nSPS) is 22.3. The molecule has 2 amide bonds. The minimum absolute atomic E-state index is 0.129. The summed E-state index contributed by atoms with van der Waals surface area (Å²) in [6.45, 7) is 23.1. The molecule has 2 saturated carbocycles. The van der Waals surface area contributed by atoms with E-state index in [1.165, 1.54) is 87.2 Å². The maximum absolute atomic E-state index is 13.8. The van der Waals surface area contributed by atoms with E-state index >= 15 is 0 Å². The molecule has 12 atom stereocenters. The van der Waals surface area contributed by atoms with Crippen LogP contribution in [0.15, 0.2) is 0 Å². The van der Waals surface area contributed by atoms with Crippen LogP contribution in [0, 0.1) is 47.3 Å². The van der Waals surface area contributed by atoms with Gasteiger partial charge in [0, 0.05) is 130 Å². The summed E-state index contributed by atoms with van der Waals surface area (Å²) in [4.78, 5) is 41.5. The Bertz CT molecular complexity index is 1470. The van der Waals surface area contributed by atoms with Crippen LogP contribution < -0.4 is 10.6 Å². The van der Waals surface area contributed by atoms with E-state index in [1.54, 1.807) is 0 Å². The van der Waals surface area contributed by atoms with Gasteiger partial charge in [-0.1, -0.05) is 54.4 Å². The van der Waals surface area contributed by atoms with Crippen LogP contribution in [0.5, 0.6) is 0 Å². The molecule has 2 fully saturated rings. The summed E-state index contributed by atoms with van der Waals surface area (Å²) in [6, 6.07) is 0. The molecule has 0 radical (unpaired) electrons. The molecule has 2 rings (SSSR count). The number of nitrogens with one attached hydrogen (secondary N) is 2. The van der Waals surface area contributed by atoms with E-state index in [4.69, 9.17) is 0 Å². The van der Waals surface area contributed by atoms with Gasteiger partial charge in [-0.25, -0.2) is 0 Å². The summed E-state index contributed by atoms with van der Waals surface area (Å²) in [5, 5.41) is 10.7. The van der Waals surface area contributed by atoms with Crippen molar-refractivity contribution in [2.24, 2.45) is 47.3 Å². The first-order valence-corrected chi connectivity index (χ1v) is 39.4. The monoisotopic (exact) mass is 1260 g/mol. The fourth-order valence-electron chi connectivity index (χ4n) is 11.8. The Kier molecular flexibility index (Phi) is 45.0. The highest BCUT2D eigenvalue weighted by atomic mass is 32.2. The lowest BCUT2D eigenvalue weighted by molar-refractivity contribution is -0.127. The van der Waals surface area contributed by atoms with Gasteiger partial charge in [0.1, 0.15) is 0 Å². The molecule has 2 aliphatic carbocycles. The Balaban J connectivity index is 1.89. The predicted molar refractivity (Wildman–Crippen MR) is 380 cm³/mol. The lowest BCUT2D eigenvalue weighted by atomic mass is 9.78. The zero-order valence-electron chi connectivity index (χ0n) is 56.7. The number of thioether (sulfide) groups is 6. The third-order valence-electron chi connectivity index (χ3n) is 17.7. The average molecular weight is 1260 g/mol. The molecule has 0 aromatic heterocycles.